The van der Waals surface area contributed by atoms with E-state index in [9.17, 15) is 5.11 Å². The smallest absolute Gasteiger partial charge is 0.138 e. The summed E-state index contributed by atoms with van der Waals surface area (Å²) in [5.41, 5.74) is 0.797. The number of aryl methyl sites for hydroxylation is 1. The van der Waals surface area contributed by atoms with Gasteiger partial charge in [0, 0.05) is 29.7 Å². The number of aromatic hydroxyl groups is 1. The molecule has 2 N–H and O–H groups in total. The van der Waals surface area contributed by atoms with Crippen molar-refractivity contribution in [3.8, 4) is 5.75 Å². The van der Waals surface area contributed by atoms with E-state index >= 15 is 0 Å². The van der Waals surface area contributed by atoms with Crippen LogP contribution >= 0.6 is 22.9 Å². The van der Waals surface area contributed by atoms with Gasteiger partial charge in [0.1, 0.15) is 10.8 Å². The number of rotatable bonds is 4. The van der Waals surface area contributed by atoms with Crippen LogP contribution in [-0.4, -0.2) is 10.1 Å². The first kappa shape index (κ1) is 12.4. The summed E-state index contributed by atoms with van der Waals surface area (Å²) in [6, 6.07) is 5.35. The molecular weight excluding hydrogens is 256 g/mol. The maximum atomic E-state index is 9.71. The third-order valence-corrected chi connectivity index (χ3v) is 3.55. The quantitative estimate of drug-likeness (QED) is 0.896. The van der Waals surface area contributed by atoms with Gasteiger partial charge in [0.15, 0.2) is 0 Å². The van der Waals surface area contributed by atoms with Crippen molar-refractivity contribution in [3.63, 3.8) is 0 Å². The Labute approximate surface area is 109 Å². The minimum absolute atomic E-state index is 0.150. The van der Waals surface area contributed by atoms with Gasteiger partial charge in [-0.15, -0.1) is 11.3 Å². The van der Waals surface area contributed by atoms with E-state index in [4.69, 9.17) is 11.6 Å². The van der Waals surface area contributed by atoms with E-state index < -0.39 is 0 Å². The second kappa shape index (κ2) is 5.49. The molecule has 3 nitrogen and oxygen atoms in total. The summed E-state index contributed by atoms with van der Waals surface area (Å²) in [5.74, 6) is 0.150. The summed E-state index contributed by atoms with van der Waals surface area (Å²) < 4.78 is 0. The number of para-hydroxylation sites is 1. The second-order valence-electron chi connectivity index (χ2n) is 3.72. The molecule has 0 saturated heterocycles. The highest BCUT2D eigenvalue weighted by Crippen LogP contribution is 2.26. The highest BCUT2D eigenvalue weighted by atomic mass is 35.5. The van der Waals surface area contributed by atoms with Crippen molar-refractivity contribution in [2.75, 3.05) is 0 Å². The van der Waals surface area contributed by atoms with Crippen LogP contribution in [0.3, 0.4) is 0 Å². The number of aromatic nitrogens is 1. The lowest BCUT2D eigenvalue weighted by Gasteiger charge is -2.06. The molecule has 2 rings (SSSR count). The van der Waals surface area contributed by atoms with E-state index in [-0.39, 0.29) is 5.75 Å². The van der Waals surface area contributed by atoms with E-state index in [1.807, 2.05) is 25.3 Å². The average Bonchev–Trinajstić information content (AvgIpc) is 2.70. The molecule has 0 aliphatic rings. The van der Waals surface area contributed by atoms with Crippen molar-refractivity contribution in [1.82, 2.24) is 10.3 Å². The molecule has 2 aromatic rings. The molecule has 0 radical (unpaired) electrons. The Kier molecular flexibility index (Phi) is 3.99. The van der Waals surface area contributed by atoms with Gasteiger partial charge in [0.2, 0.25) is 0 Å². The fourth-order valence-corrected chi connectivity index (χ4v) is 2.44. The maximum absolute atomic E-state index is 9.71. The van der Waals surface area contributed by atoms with Gasteiger partial charge in [0.25, 0.3) is 0 Å². The number of halogens is 1. The van der Waals surface area contributed by atoms with Crippen molar-refractivity contribution < 1.29 is 5.11 Å². The van der Waals surface area contributed by atoms with Gasteiger partial charge < -0.3 is 10.4 Å². The molecule has 1 aromatic carbocycles. The Morgan fingerprint density at radius 3 is 2.94 bits per heavy atom. The number of thiazole rings is 1. The summed E-state index contributed by atoms with van der Waals surface area (Å²) in [5, 5.41) is 14.4. The van der Waals surface area contributed by atoms with Gasteiger partial charge in [-0.1, -0.05) is 23.7 Å². The molecule has 5 heteroatoms. The summed E-state index contributed by atoms with van der Waals surface area (Å²) in [6.45, 7) is 3.31. The summed E-state index contributed by atoms with van der Waals surface area (Å²) in [4.78, 5) is 5.46. The molecule has 0 amide bonds. The van der Waals surface area contributed by atoms with Crippen molar-refractivity contribution >= 4 is 22.9 Å². The lowest BCUT2D eigenvalue weighted by molar-refractivity contribution is 0.464. The minimum Gasteiger partial charge on any atom is -0.506 e. The lowest BCUT2D eigenvalue weighted by Crippen LogP contribution is -2.12. The van der Waals surface area contributed by atoms with Gasteiger partial charge in [-0.3, -0.25) is 0 Å². The van der Waals surface area contributed by atoms with E-state index in [0.717, 1.165) is 10.6 Å². The molecule has 0 bridgehead atoms. The van der Waals surface area contributed by atoms with Crippen LogP contribution in [0.15, 0.2) is 24.4 Å². The topological polar surface area (TPSA) is 45.2 Å². The molecule has 1 heterocycles. The Morgan fingerprint density at radius 1 is 1.41 bits per heavy atom. The van der Waals surface area contributed by atoms with Crippen LogP contribution in [0.5, 0.6) is 5.75 Å². The van der Waals surface area contributed by atoms with Crippen LogP contribution in [-0.2, 0) is 13.1 Å². The predicted molar refractivity (Wildman–Crippen MR) is 70.5 cm³/mol. The summed E-state index contributed by atoms with van der Waals surface area (Å²) in [6.07, 6.45) is 1.86. The monoisotopic (exact) mass is 268 g/mol. The van der Waals surface area contributed by atoms with Crippen LogP contribution in [0.2, 0.25) is 5.02 Å². The third kappa shape index (κ3) is 3.19. The second-order valence-corrected chi connectivity index (χ2v) is 5.44. The fourth-order valence-electron chi connectivity index (χ4n) is 1.49. The molecule has 0 atom stereocenters. The zero-order chi connectivity index (χ0) is 12.3. The first-order valence-electron chi connectivity index (χ1n) is 5.25. The SMILES string of the molecule is Cc1cnc(CNCc2cccc(Cl)c2O)s1. The van der Waals surface area contributed by atoms with Gasteiger partial charge >= 0.3 is 0 Å². The molecule has 0 saturated carbocycles. The number of phenolic OH excluding ortho intramolecular Hbond substituents is 1. The fraction of sp³-hybridized carbons (Fsp3) is 0.250. The minimum atomic E-state index is 0.150. The first-order valence-corrected chi connectivity index (χ1v) is 6.44. The molecule has 0 aliphatic carbocycles. The zero-order valence-electron chi connectivity index (χ0n) is 9.40. The van der Waals surface area contributed by atoms with Crippen molar-refractivity contribution in [3.05, 3.63) is 44.9 Å². The maximum Gasteiger partial charge on any atom is 0.138 e. The van der Waals surface area contributed by atoms with Gasteiger partial charge in [-0.2, -0.15) is 0 Å². The number of nitrogens with zero attached hydrogens (tertiary/aromatic N) is 1. The first-order chi connectivity index (χ1) is 8.16. The standard InChI is InChI=1S/C12H13ClN2OS/c1-8-5-15-11(17-8)7-14-6-9-3-2-4-10(13)12(9)16/h2-5,14,16H,6-7H2,1H3. The number of hydrogen-bond donors (Lipinski definition) is 2. The van der Waals surface area contributed by atoms with E-state index in [0.29, 0.717) is 18.1 Å². The zero-order valence-corrected chi connectivity index (χ0v) is 11.0. The molecule has 90 valence electrons. The molecule has 1 aromatic heterocycles. The number of benzene rings is 1. The molecule has 0 spiro atoms. The van der Waals surface area contributed by atoms with Gasteiger partial charge in [0.05, 0.1) is 5.02 Å². The number of nitrogens with one attached hydrogen (secondary N) is 1. The van der Waals surface area contributed by atoms with E-state index in [1.54, 1.807) is 17.4 Å². The molecule has 0 fully saturated rings. The third-order valence-electron chi connectivity index (χ3n) is 2.33. The molecular formula is C12H13ClN2OS. The molecule has 0 unspecified atom stereocenters. The van der Waals surface area contributed by atoms with Crippen LogP contribution in [0, 0.1) is 6.92 Å². The van der Waals surface area contributed by atoms with Crippen LogP contribution < -0.4 is 5.32 Å². The van der Waals surface area contributed by atoms with E-state index in [1.165, 1.54) is 4.88 Å². The average molecular weight is 269 g/mol. The number of hydrogen-bond acceptors (Lipinski definition) is 4. The molecule has 17 heavy (non-hydrogen) atoms. The van der Waals surface area contributed by atoms with Crippen LogP contribution in [0.1, 0.15) is 15.4 Å². The van der Waals surface area contributed by atoms with Crippen molar-refractivity contribution in [2.45, 2.75) is 20.0 Å². The van der Waals surface area contributed by atoms with E-state index in [2.05, 4.69) is 10.3 Å². The largest absolute Gasteiger partial charge is 0.506 e. The Bertz CT molecular complexity index is 513. The Morgan fingerprint density at radius 2 is 2.24 bits per heavy atom. The highest BCUT2D eigenvalue weighted by molar-refractivity contribution is 7.11. The van der Waals surface area contributed by atoms with Crippen LogP contribution in [0.25, 0.3) is 0 Å². The van der Waals surface area contributed by atoms with Crippen molar-refractivity contribution in [2.24, 2.45) is 0 Å². The predicted octanol–water partition coefficient (Wildman–Crippen LogP) is 3.10. The number of phenols is 1. The Hall–Kier alpha value is -1.10. The van der Waals surface area contributed by atoms with Gasteiger partial charge in [-0.05, 0) is 13.0 Å². The summed E-state index contributed by atoms with van der Waals surface area (Å²) in [7, 11) is 0. The Balaban J connectivity index is 1.92. The van der Waals surface area contributed by atoms with Crippen LogP contribution in [0.4, 0.5) is 0 Å². The van der Waals surface area contributed by atoms with Crippen molar-refractivity contribution in [1.29, 1.82) is 0 Å². The normalized spacial score (nSPS) is 10.7. The lowest BCUT2D eigenvalue weighted by atomic mass is 10.2. The van der Waals surface area contributed by atoms with Gasteiger partial charge in [-0.25, -0.2) is 4.98 Å². The molecule has 0 aliphatic heterocycles. The summed E-state index contributed by atoms with van der Waals surface area (Å²) >= 11 is 7.49. The highest BCUT2D eigenvalue weighted by Gasteiger charge is 2.05.